The van der Waals surface area contributed by atoms with Gasteiger partial charge in [-0.2, -0.15) is 0 Å². The number of hydrogen-bond donors (Lipinski definition) is 2. The van der Waals surface area contributed by atoms with E-state index in [1.54, 1.807) is 0 Å². The van der Waals surface area contributed by atoms with Crippen molar-refractivity contribution in [1.29, 1.82) is 0 Å². The van der Waals surface area contributed by atoms with Gasteiger partial charge in [0.05, 0.1) is 0 Å². The van der Waals surface area contributed by atoms with Crippen LogP contribution in [0.3, 0.4) is 0 Å². The molecule has 0 radical (unpaired) electrons. The van der Waals surface area contributed by atoms with Gasteiger partial charge < -0.3 is 11.5 Å². The zero-order valence-corrected chi connectivity index (χ0v) is 5.14. The topological polar surface area (TPSA) is 69.1 Å². The molecule has 0 fully saturated rings. The van der Waals surface area contributed by atoms with Gasteiger partial charge in [0.2, 0.25) is 5.91 Å². The molecule has 0 aliphatic rings. The molecule has 0 spiro atoms. The van der Waals surface area contributed by atoms with E-state index in [0.29, 0.717) is 6.42 Å². The van der Waals surface area contributed by atoms with E-state index >= 15 is 0 Å². The zero-order valence-electron chi connectivity index (χ0n) is 5.14. The first-order valence-electron chi connectivity index (χ1n) is 2.76. The smallest absolute Gasteiger partial charge is 0.217 e. The maximum absolute atomic E-state index is 11.6. The van der Waals surface area contributed by atoms with Gasteiger partial charge in [-0.25, -0.2) is 4.39 Å². The van der Waals surface area contributed by atoms with Crippen LogP contribution in [-0.4, -0.2) is 18.6 Å². The minimum absolute atomic E-state index is 0.172. The first kappa shape index (κ1) is 8.36. The third kappa shape index (κ3) is 5.23. The largest absolute Gasteiger partial charge is 0.370 e. The van der Waals surface area contributed by atoms with Gasteiger partial charge in [-0.05, 0) is 6.42 Å². The van der Waals surface area contributed by atoms with E-state index in [4.69, 9.17) is 11.5 Å². The Labute approximate surface area is 53.2 Å². The average molecular weight is 134 g/mol. The average Bonchev–Trinajstić information content (AvgIpc) is 1.83. The minimum atomic E-state index is -0.590. The van der Waals surface area contributed by atoms with E-state index in [9.17, 15) is 9.18 Å². The molecular weight excluding hydrogens is 123 g/mol. The molecule has 0 bridgehead atoms. The molecule has 0 saturated carbocycles. The molecule has 1 amide bonds. The van der Waals surface area contributed by atoms with Gasteiger partial charge >= 0.3 is 0 Å². The molecule has 0 aromatic heterocycles. The van der Waals surface area contributed by atoms with Crippen LogP contribution in [0.1, 0.15) is 12.8 Å². The molecule has 0 heterocycles. The van der Waals surface area contributed by atoms with Crippen molar-refractivity contribution in [3.63, 3.8) is 0 Å². The highest BCUT2D eigenvalue weighted by atomic mass is 19.1. The highest BCUT2D eigenvalue weighted by Gasteiger charge is 2.02. The van der Waals surface area contributed by atoms with Crippen molar-refractivity contribution < 1.29 is 9.18 Å². The summed E-state index contributed by atoms with van der Waals surface area (Å²) < 4.78 is 11.6. The van der Waals surface area contributed by atoms with Crippen molar-refractivity contribution in [3.05, 3.63) is 0 Å². The first-order valence-corrected chi connectivity index (χ1v) is 2.76. The minimum Gasteiger partial charge on any atom is -0.370 e. The molecule has 0 aliphatic heterocycles. The fourth-order valence-corrected chi connectivity index (χ4v) is 0.405. The number of amides is 1. The summed E-state index contributed by atoms with van der Waals surface area (Å²) in [5, 5.41) is 0. The zero-order chi connectivity index (χ0) is 7.28. The third-order valence-corrected chi connectivity index (χ3v) is 0.960. The number of primary amides is 1. The molecular formula is C5H11FN2O. The quantitative estimate of drug-likeness (QED) is 0.546. The molecule has 54 valence electrons. The Kier molecular flexibility index (Phi) is 3.96. The van der Waals surface area contributed by atoms with Crippen molar-refractivity contribution in [1.82, 2.24) is 0 Å². The number of carbonyl (C=O) groups is 1. The van der Waals surface area contributed by atoms with Gasteiger partial charge in [0, 0.05) is 12.5 Å². The van der Waals surface area contributed by atoms with Crippen LogP contribution >= 0.6 is 0 Å². The van der Waals surface area contributed by atoms with E-state index in [-0.39, 0.29) is 6.42 Å². The van der Waals surface area contributed by atoms with E-state index in [1.165, 1.54) is 0 Å². The molecule has 3 nitrogen and oxygen atoms in total. The van der Waals surface area contributed by atoms with Crippen LogP contribution in [0.4, 0.5) is 4.39 Å². The van der Waals surface area contributed by atoms with E-state index in [0.717, 1.165) is 0 Å². The number of hydrogen-bond acceptors (Lipinski definition) is 2. The summed E-state index contributed by atoms with van der Waals surface area (Å²) in [5.41, 5.74) is 9.92. The molecule has 4 N–H and O–H groups in total. The van der Waals surface area contributed by atoms with Crippen LogP contribution in [0.2, 0.25) is 0 Å². The third-order valence-electron chi connectivity index (χ3n) is 0.960. The summed E-state index contributed by atoms with van der Waals surface area (Å²) in [5.74, 6) is -0.432. The summed E-state index contributed by atoms with van der Waals surface area (Å²) in [6.45, 7) is -0.590. The predicted octanol–water partition coefficient (Wildman–Crippen LogP) is -0.451. The number of carbonyl (C=O) groups excluding carboxylic acids is 1. The van der Waals surface area contributed by atoms with Gasteiger partial charge in [-0.1, -0.05) is 0 Å². The number of rotatable bonds is 4. The van der Waals surface area contributed by atoms with E-state index in [2.05, 4.69) is 0 Å². The number of alkyl halides is 1. The van der Waals surface area contributed by atoms with Gasteiger partial charge in [0.15, 0.2) is 0 Å². The molecule has 0 aliphatic carbocycles. The summed E-state index contributed by atoms with van der Waals surface area (Å²) >= 11 is 0. The Morgan fingerprint density at radius 2 is 2.22 bits per heavy atom. The normalized spacial score (nSPS) is 13.1. The van der Waals surface area contributed by atoms with Crippen molar-refractivity contribution in [2.24, 2.45) is 11.5 Å². The van der Waals surface area contributed by atoms with Crippen LogP contribution in [0.5, 0.6) is 0 Å². The molecule has 0 aromatic rings. The highest BCUT2D eigenvalue weighted by Crippen LogP contribution is 1.92. The maximum atomic E-state index is 11.6. The summed E-state index contributed by atoms with van der Waals surface area (Å²) in [6.07, 6.45) is 0.511. The van der Waals surface area contributed by atoms with E-state index in [1.807, 2.05) is 0 Å². The Morgan fingerprint density at radius 3 is 2.56 bits per heavy atom. The fourth-order valence-electron chi connectivity index (χ4n) is 0.405. The van der Waals surface area contributed by atoms with Crippen LogP contribution in [0.25, 0.3) is 0 Å². The number of nitrogens with two attached hydrogens (primary N) is 2. The Morgan fingerprint density at radius 1 is 1.67 bits per heavy atom. The lowest BCUT2D eigenvalue weighted by Gasteiger charge is -2.02. The molecule has 0 unspecified atom stereocenters. The molecule has 0 rings (SSSR count). The van der Waals surface area contributed by atoms with Crippen LogP contribution in [0.15, 0.2) is 0 Å². The van der Waals surface area contributed by atoms with Gasteiger partial charge in [0.1, 0.15) is 6.67 Å². The summed E-state index contributed by atoms with van der Waals surface area (Å²) in [4.78, 5) is 10.1. The molecule has 0 aromatic carbocycles. The van der Waals surface area contributed by atoms with Crippen molar-refractivity contribution in [2.75, 3.05) is 6.67 Å². The summed E-state index contributed by atoms with van der Waals surface area (Å²) in [6, 6.07) is -0.530. The molecule has 4 heteroatoms. The maximum Gasteiger partial charge on any atom is 0.217 e. The summed E-state index contributed by atoms with van der Waals surface area (Å²) in [7, 11) is 0. The Bertz CT molecular complexity index is 97.0. The fraction of sp³-hybridized carbons (Fsp3) is 0.800. The van der Waals surface area contributed by atoms with Crippen molar-refractivity contribution in [2.45, 2.75) is 18.9 Å². The SMILES string of the molecule is NC(=O)CC[C@H](N)CF. The van der Waals surface area contributed by atoms with Gasteiger partial charge in [-0.3, -0.25) is 4.79 Å². The van der Waals surface area contributed by atoms with Crippen LogP contribution in [0, 0.1) is 0 Å². The number of halogens is 1. The van der Waals surface area contributed by atoms with Gasteiger partial charge in [-0.15, -0.1) is 0 Å². The second-order valence-corrected chi connectivity index (χ2v) is 1.92. The Hall–Kier alpha value is -0.640. The van der Waals surface area contributed by atoms with Gasteiger partial charge in [0.25, 0.3) is 0 Å². The highest BCUT2D eigenvalue weighted by molar-refractivity contribution is 5.73. The lowest BCUT2D eigenvalue weighted by molar-refractivity contribution is -0.118. The molecule has 0 saturated heterocycles. The molecule has 1 atom stereocenters. The molecule has 9 heavy (non-hydrogen) atoms. The lowest BCUT2D eigenvalue weighted by Crippen LogP contribution is -2.24. The standard InChI is InChI=1S/C5H11FN2O/c6-3-4(7)1-2-5(8)9/h4H,1-3,7H2,(H2,8,9)/t4-/m0/s1. The predicted molar refractivity (Wildman–Crippen MR) is 32.4 cm³/mol. The van der Waals surface area contributed by atoms with Crippen LogP contribution < -0.4 is 11.5 Å². The van der Waals surface area contributed by atoms with E-state index < -0.39 is 18.6 Å². The Balaban J connectivity index is 3.16. The second-order valence-electron chi connectivity index (χ2n) is 1.92. The lowest BCUT2D eigenvalue weighted by atomic mass is 10.2. The monoisotopic (exact) mass is 134 g/mol. The van der Waals surface area contributed by atoms with Crippen molar-refractivity contribution in [3.8, 4) is 0 Å². The first-order chi connectivity index (χ1) is 4.16. The van der Waals surface area contributed by atoms with Crippen LogP contribution in [-0.2, 0) is 4.79 Å². The van der Waals surface area contributed by atoms with Crippen molar-refractivity contribution >= 4 is 5.91 Å². The second kappa shape index (κ2) is 4.26.